The maximum atomic E-state index is 14.0. The third kappa shape index (κ3) is 5.51. The lowest BCUT2D eigenvalue weighted by molar-refractivity contribution is -0.140. The number of nitrogens with zero attached hydrogens (tertiary/aromatic N) is 2. The van der Waals surface area contributed by atoms with Crippen LogP contribution in [0.3, 0.4) is 0 Å². The van der Waals surface area contributed by atoms with Crippen molar-refractivity contribution in [1.82, 2.24) is 9.80 Å². The average molecular weight is 388 g/mol. The third-order valence-electron chi connectivity index (χ3n) is 5.19. The molecule has 7 heteroatoms. The fraction of sp³-hybridized carbons (Fsp3) is 0.650. The minimum Gasteiger partial charge on any atom is -0.300 e. The van der Waals surface area contributed by atoms with Gasteiger partial charge in [0.05, 0.1) is 11.5 Å². The number of hydrogen-bond donors (Lipinski definition) is 0. The smallest absolute Gasteiger partial charge is 0.300 e. The molecule has 0 saturated carbocycles. The van der Waals surface area contributed by atoms with E-state index in [4.69, 9.17) is 0 Å². The third-order valence-corrected chi connectivity index (χ3v) is 5.19. The molecule has 3 nitrogen and oxygen atoms in total. The van der Waals surface area contributed by atoms with Crippen molar-refractivity contribution in [3.05, 3.63) is 35.1 Å². The van der Waals surface area contributed by atoms with Gasteiger partial charge in [0.15, 0.2) is 0 Å². The number of alkyl halides is 3. The lowest BCUT2D eigenvalue weighted by Crippen LogP contribution is -2.50. The summed E-state index contributed by atoms with van der Waals surface area (Å²) in [4.78, 5) is 17.2. The number of rotatable bonds is 6. The van der Waals surface area contributed by atoms with Crippen molar-refractivity contribution >= 4 is 5.78 Å². The summed E-state index contributed by atoms with van der Waals surface area (Å²) in [5.41, 5.74) is -0.988. The minimum absolute atomic E-state index is 0.0829. The molecule has 0 amide bonds. The van der Waals surface area contributed by atoms with E-state index in [2.05, 4.69) is 23.6 Å². The molecule has 1 aliphatic heterocycles. The zero-order chi connectivity index (χ0) is 20.4. The highest BCUT2D eigenvalue weighted by atomic mass is 19.4. The Labute approximate surface area is 158 Å². The van der Waals surface area contributed by atoms with Gasteiger partial charge in [0, 0.05) is 44.7 Å². The van der Waals surface area contributed by atoms with Crippen LogP contribution >= 0.6 is 0 Å². The molecule has 2 rings (SSSR count). The molecule has 0 aliphatic carbocycles. The van der Waals surface area contributed by atoms with Gasteiger partial charge in [-0.15, -0.1) is 0 Å². The highest BCUT2D eigenvalue weighted by Gasteiger charge is 2.35. The summed E-state index contributed by atoms with van der Waals surface area (Å²) in [6.07, 6.45) is -4.74. The Hall–Kier alpha value is -1.47. The molecule has 0 radical (unpaired) electrons. The van der Waals surface area contributed by atoms with E-state index in [9.17, 15) is 22.4 Å². The predicted octanol–water partition coefficient (Wildman–Crippen LogP) is 4.18. The lowest BCUT2D eigenvalue weighted by atomic mass is 9.87. The molecule has 27 heavy (non-hydrogen) atoms. The maximum Gasteiger partial charge on any atom is 0.419 e. The summed E-state index contributed by atoms with van der Waals surface area (Å²) in [6.45, 7) is 11.5. The molecule has 1 saturated heterocycles. The molecule has 0 unspecified atom stereocenters. The van der Waals surface area contributed by atoms with Crippen molar-refractivity contribution in [2.45, 2.75) is 45.8 Å². The monoisotopic (exact) mass is 388 g/mol. The summed E-state index contributed by atoms with van der Waals surface area (Å²) < 4.78 is 52.5. The fourth-order valence-electron chi connectivity index (χ4n) is 3.46. The van der Waals surface area contributed by atoms with Crippen molar-refractivity contribution < 1.29 is 22.4 Å². The van der Waals surface area contributed by atoms with E-state index in [1.807, 2.05) is 0 Å². The minimum atomic E-state index is -4.74. The molecule has 0 aromatic heterocycles. The Kier molecular flexibility index (Phi) is 7.03. The molecule has 1 heterocycles. The quantitative estimate of drug-likeness (QED) is 0.683. The van der Waals surface area contributed by atoms with Gasteiger partial charge in [0.1, 0.15) is 11.6 Å². The molecule has 0 spiro atoms. The van der Waals surface area contributed by atoms with Gasteiger partial charge in [-0.05, 0) is 31.5 Å². The van der Waals surface area contributed by atoms with E-state index >= 15 is 0 Å². The van der Waals surface area contributed by atoms with Gasteiger partial charge in [-0.2, -0.15) is 13.2 Å². The molecular weight excluding hydrogens is 360 g/mol. The topological polar surface area (TPSA) is 23.6 Å². The van der Waals surface area contributed by atoms with Crippen LogP contribution in [-0.2, 0) is 11.0 Å². The van der Waals surface area contributed by atoms with Crippen molar-refractivity contribution in [2.75, 3.05) is 32.7 Å². The molecule has 152 valence electrons. The number of ketones is 1. The van der Waals surface area contributed by atoms with Gasteiger partial charge in [0.25, 0.3) is 0 Å². The van der Waals surface area contributed by atoms with Crippen molar-refractivity contribution in [2.24, 2.45) is 5.92 Å². The molecule has 0 N–H and O–H groups in total. The summed E-state index contributed by atoms with van der Waals surface area (Å²) in [7, 11) is 0. The Bertz CT molecular complexity index is 650. The average Bonchev–Trinajstić information content (AvgIpc) is 2.58. The molecule has 1 aromatic rings. The van der Waals surface area contributed by atoms with Crippen LogP contribution in [0, 0.1) is 11.7 Å². The van der Waals surface area contributed by atoms with Gasteiger partial charge in [-0.3, -0.25) is 14.6 Å². The second-order valence-electron chi connectivity index (χ2n) is 7.78. The number of carbonyl (C=O) groups excluding carboxylic acids is 1. The van der Waals surface area contributed by atoms with Gasteiger partial charge < -0.3 is 0 Å². The van der Waals surface area contributed by atoms with E-state index in [1.165, 1.54) is 6.07 Å². The lowest BCUT2D eigenvalue weighted by Gasteiger charge is -2.38. The van der Waals surface area contributed by atoms with Crippen LogP contribution in [0.25, 0.3) is 0 Å². The standard InChI is InChI=1S/C20H28F4N2O/c1-13(2)19(27)16(12-25-7-9-26(10-8-25)14(3)4)15-5-6-17(18(21)11-15)20(22,23)24/h5-6,11,13-14,16H,7-10,12H2,1-4H3/t16-/m1/s1. The van der Waals surface area contributed by atoms with Crippen LogP contribution in [0.2, 0.25) is 0 Å². The molecule has 1 aromatic carbocycles. The fourth-order valence-corrected chi connectivity index (χ4v) is 3.46. The normalized spacial score (nSPS) is 18.3. The van der Waals surface area contributed by atoms with Gasteiger partial charge >= 0.3 is 6.18 Å². The van der Waals surface area contributed by atoms with E-state index in [0.29, 0.717) is 18.2 Å². The largest absolute Gasteiger partial charge is 0.419 e. The zero-order valence-corrected chi connectivity index (χ0v) is 16.3. The predicted molar refractivity (Wildman–Crippen MR) is 97.1 cm³/mol. The first-order valence-corrected chi connectivity index (χ1v) is 9.37. The zero-order valence-electron chi connectivity index (χ0n) is 16.3. The Morgan fingerprint density at radius 2 is 1.67 bits per heavy atom. The first kappa shape index (κ1) is 21.8. The number of Topliss-reactive ketones (excluding diaryl/α,β-unsaturated/α-hetero) is 1. The number of benzene rings is 1. The summed E-state index contributed by atoms with van der Waals surface area (Å²) in [5, 5.41) is 0. The summed E-state index contributed by atoms with van der Waals surface area (Å²) >= 11 is 0. The SMILES string of the molecule is CC(C)C(=O)[C@H](CN1CCN(C(C)C)CC1)c1ccc(C(F)(F)F)c(F)c1. The van der Waals surface area contributed by atoms with Crippen LogP contribution in [0.4, 0.5) is 17.6 Å². The van der Waals surface area contributed by atoms with Gasteiger partial charge in [-0.1, -0.05) is 19.9 Å². The number of hydrogen-bond acceptors (Lipinski definition) is 3. The molecule has 0 bridgehead atoms. The van der Waals surface area contributed by atoms with E-state index in [0.717, 1.165) is 38.3 Å². The second kappa shape index (κ2) is 8.69. The second-order valence-corrected chi connectivity index (χ2v) is 7.78. The number of piperazine rings is 1. The highest BCUT2D eigenvalue weighted by Crippen LogP contribution is 2.33. The first-order chi connectivity index (χ1) is 12.5. The highest BCUT2D eigenvalue weighted by molar-refractivity contribution is 5.87. The number of halogens is 4. The van der Waals surface area contributed by atoms with Crippen LogP contribution in [-0.4, -0.2) is 54.3 Å². The van der Waals surface area contributed by atoms with E-state index in [1.54, 1.807) is 13.8 Å². The van der Waals surface area contributed by atoms with Gasteiger partial charge in [-0.25, -0.2) is 4.39 Å². The van der Waals surface area contributed by atoms with Crippen LogP contribution in [0.15, 0.2) is 18.2 Å². The number of carbonyl (C=O) groups is 1. The Morgan fingerprint density at radius 3 is 2.11 bits per heavy atom. The Balaban J connectivity index is 2.21. The molecule has 1 aliphatic rings. The van der Waals surface area contributed by atoms with E-state index in [-0.39, 0.29) is 11.7 Å². The van der Waals surface area contributed by atoms with Gasteiger partial charge in [0.2, 0.25) is 0 Å². The molecule has 1 fully saturated rings. The van der Waals surface area contributed by atoms with Crippen molar-refractivity contribution in [1.29, 1.82) is 0 Å². The maximum absolute atomic E-state index is 14.0. The van der Waals surface area contributed by atoms with Crippen LogP contribution in [0.5, 0.6) is 0 Å². The van der Waals surface area contributed by atoms with Crippen LogP contribution in [0.1, 0.15) is 44.7 Å². The first-order valence-electron chi connectivity index (χ1n) is 9.37. The molecule has 1 atom stereocenters. The van der Waals surface area contributed by atoms with Crippen molar-refractivity contribution in [3.8, 4) is 0 Å². The van der Waals surface area contributed by atoms with E-state index < -0.39 is 23.5 Å². The molecular formula is C20H28F4N2O. The summed E-state index contributed by atoms with van der Waals surface area (Å²) in [6, 6.07) is 3.30. The van der Waals surface area contributed by atoms with Crippen molar-refractivity contribution in [3.63, 3.8) is 0 Å². The van der Waals surface area contributed by atoms with Crippen LogP contribution < -0.4 is 0 Å². The Morgan fingerprint density at radius 1 is 1.07 bits per heavy atom. The summed E-state index contributed by atoms with van der Waals surface area (Å²) in [5.74, 6) is -2.32.